The van der Waals surface area contributed by atoms with E-state index in [2.05, 4.69) is 4.72 Å². The first-order chi connectivity index (χ1) is 13.4. The van der Waals surface area contributed by atoms with Crippen LogP contribution >= 0.6 is 0 Å². The van der Waals surface area contributed by atoms with Crippen LogP contribution in [0.4, 0.5) is 11.4 Å². The van der Waals surface area contributed by atoms with E-state index >= 15 is 0 Å². The van der Waals surface area contributed by atoms with Crippen molar-refractivity contribution >= 4 is 27.3 Å². The van der Waals surface area contributed by atoms with Crippen molar-refractivity contribution < 1.29 is 13.2 Å². The molecular weight excluding hydrogens is 372 g/mol. The molecule has 1 aliphatic heterocycles. The zero-order valence-corrected chi connectivity index (χ0v) is 17.0. The van der Waals surface area contributed by atoms with Crippen LogP contribution in [0, 0.1) is 0 Å². The third-order valence-corrected chi connectivity index (χ3v) is 7.27. The molecule has 0 radical (unpaired) electrons. The van der Waals surface area contributed by atoms with Gasteiger partial charge in [-0.05, 0) is 66.6 Å². The van der Waals surface area contributed by atoms with Gasteiger partial charge in [-0.3, -0.25) is 9.52 Å². The number of carbonyl (C=O) groups excluding carboxylic acids is 1. The topological polar surface area (TPSA) is 66.5 Å². The SMILES string of the molecule is CC(=O)N1CCc2cc(NS(=O)(=O)c3ccc(C4CCCCC4)cc3)ccc21. The van der Waals surface area contributed by atoms with E-state index < -0.39 is 10.0 Å². The van der Waals surface area contributed by atoms with Crippen LogP contribution in [0.3, 0.4) is 0 Å². The number of hydrogen-bond donors (Lipinski definition) is 1. The number of rotatable bonds is 4. The van der Waals surface area contributed by atoms with Gasteiger partial charge in [-0.25, -0.2) is 8.42 Å². The number of nitrogens with zero attached hydrogens (tertiary/aromatic N) is 1. The normalized spacial score (nSPS) is 17.4. The van der Waals surface area contributed by atoms with Crippen molar-refractivity contribution in [3.8, 4) is 0 Å². The van der Waals surface area contributed by atoms with E-state index in [4.69, 9.17) is 0 Å². The highest BCUT2D eigenvalue weighted by atomic mass is 32.2. The molecule has 2 aromatic rings. The predicted molar refractivity (Wildman–Crippen MR) is 111 cm³/mol. The van der Waals surface area contributed by atoms with Crippen molar-refractivity contribution in [1.82, 2.24) is 0 Å². The Bertz CT molecular complexity index is 977. The van der Waals surface area contributed by atoms with E-state index in [-0.39, 0.29) is 10.8 Å². The molecule has 4 rings (SSSR count). The molecule has 0 unspecified atom stereocenters. The summed E-state index contributed by atoms with van der Waals surface area (Å²) in [6, 6.07) is 12.7. The summed E-state index contributed by atoms with van der Waals surface area (Å²) >= 11 is 0. The lowest BCUT2D eigenvalue weighted by Gasteiger charge is -2.22. The Labute approximate surface area is 166 Å². The van der Waals surface area contributed by atoms with Gasteiger partial charge >= 0.3 is 0 Å². The van der Waals surface area contributed by atoms with Gasteiger partial charge in [0, 0.05) is 24.8 Å². The summed E-state index contributed by atoms with van der Waals surface area (Å²) in [6.45, 7) is 2.19. The minimum Gasteiger partial charge on any atom is -0.312 e. The maximum absolute atomic E-state index is 12.8. The molecule has 0 spiro atoms. The van der Waals surface area contributed by atoms with Crippen LogP contribution in [0.2, 0.25) is 0 Å². The van der Waals surface area contributed by atoms with Gasteiger partial charge < -0.3 is 4.90 Å². The van der Waals surface area contributed by atoms with Gasteiger partial charge in [-0.15, -0.1) is 0 Å². The van der Waals surface area contributed by atoms with Gasteiger partial charge in [0.2, 0.25) is 5.91 Å². The van der Waals surface area contributed by atoms with Crippen LogP contribution in [-0.4, -0.2) is 20.9 Å². The zero-order chi connectivity index (χ0) is 19.7. The average Bonchev–Trinajstić information content (AvgIpc) is 3.12. The summed E-state index contributed by atoms with van der Waals surface area (Å²) in [6.07, 6.45) is 6.93. The predicted octanol–water partition coefficient (Wildman–Crippen LogP) is 4.44. The molecule has 0 aromatic heterocycles. The summed E-state index contributed by atoms with van der Waals surface area (Å²) < 4.78 is 28.2. The molecule has 1 aliphatic carbocycles. The van der Waals surface area contributed by atoms with Gasteiger partial charge in [0.1, 0.15) is 0 Å². The van der Waals surface area contributed by atoms with Gasteiger partial charge in [0.05, 0.1) is 4.90 Å². The molecule has 0 bridgehead atoms. The monoisotopic (exact) mass is 398 g/mol. The van der Waals surface area contributed by atoms with Crippen LogP contribution in [-0.2, 0) is 21.2 Å². The van der Waals surface area contributed by atoms with Crippen molar-refractivity contribution in [2.24, 2.45) is 0 Å². The molecule has 2 aliphatic rings. The maximum atomic E-state index is 12.8. The fourth-order valence-electron chi connectivity index (χ4n) is 4.36. The molecule has 1 heterocycles. The van der Waals surface area contributed by atoms with E-state index in [1.807, 2.05) is 24.3 Å². The van der Waals surface area contributed by atoms with Crippen LogP contribution in [0.15, 0.2) is 47.4 Å². The van der Waals surface area contributed by atoms with Crippen LogP contribution < -0.4 is 9.62 Å². The molecule has 5 nitrogen and oxygen atoms in total. The number of sulfonamides is 1. The number of benzene rings is 2. The second-order valence-electron chi connectivity index (χ2n) is 7.77. The van der Waals surface area contributed by atoms with Gasteiger partial charge in [-0.2, -0.15) is 0 Å². The van der Waals surface area contributed by atoms with Gasteiger partial charge in [0.25, 0.3) is 10.0 Å². The van der Waals surface area contributed by atoms with Crippen molar-refractivity contribution in [1.29, 1.82) is 0 Å². The first-order valence-corrected chi connectivity index (χ1v) is 11.5. The van der Waals surface area contributed by atoms with Crippen LogP contribution in [0.5, 0.6) is 0 Å². The van der Waals surface area contributed by atoms with E-state index in [1.54, 1.807) is 30.0 Å². The number of nitrogens with one attached hydrogen (secondary N) is 1. The minimum atomic E-state index is -3.64. The lowest BCUT2D eigenvalue weighted by Crippen LogP contribution is -2.25. The van der Waals surface area contributed by atoms with E-state index in [1.165, 1.54) is 37.7 Å². The highest BCUT2D eigenvalue weighted by molar-refractivity contribution is 7.92. The number of carbonyl (C=O) groups is 1. The molecule has 6 heteroatoms. The highest BCUT2D eigenvalue weighted by Gasteiger charge is 2.23. The first kappa shape index (κ1) is 19.0. The van der Waals surface area contributed by atoms with Crippen molar-refractivity contribution in [3.05, 3.63) is 53.6 Å². The second kappa shape index (κ2) is 7.59. The summed E-state index contributed by atoms with van der Waals surface area (Å²) in [5.74, 6) is 0.560. The minimum absolute atomic E-state index is 0.00476. The van der Waals surface area contributed by atoms with Crippen LogP contribution in [0.25, 0.3) is 0 Å². The molecule has 0 saturated heterocycles. The number of anilines is 2. The Hall–Kier alpha value is -2.34. The van der Waals surface area contributed by atoms with Crippen molar-refractivity contribution in [3.63, 3.8) is 0 Å². The number of hydrogen-bond acceptors (Lipinski definition) is 3. The quantitative estimate of drug-likeness (QED) is 0.828. The van der Waals surface area contributed by atoms with Crippen LogP contribution in [0.1, 0.15) is 56.1 Å². The van der Waals surface area contributed by atoms with E-state index in [0.717, 1.165) is 17.7 Å². The zero-order valence-electron chi connectivity index (χ0n) is 16.1. The van der Waals surface area contributed by atoms with Crippen molar-refractivity contribution in [2.45, 2.75) is 56.3 Å². The molecule has 1 fully saturated rings. The lowest BCUT2D eigenvalue weighted by molar-refractivity contribution is -0.116. The van der Waals surface area contributed by atoms with Crippen molar-refractivity contribution in [2.75, 3.05) is 16.2 Å². The lowest BCUT2D eigenvalue weighted by atomic mass is 9.84. The molecule has 148 valence electrons. The fraction of sp³-hybridized carbons (Fsp3) is 0.409. The second-order valence-corrected chi connectivity index (χ2v) is 9.46. The first-order valence-electron chi connectivity index (χ1n) is 9.98. The Kier molecular flexibility index (Phi) is 5.15. The molecule has 2 aromatic carbocycles. The van der Waals surface area contributed by atoms with E-state index in [9.17, 15) is 13.2 Å². The molecule has 1 amide bonds. The maximum Gasteiger partial charge on any atom is 0.261 e. The summed E-state index contributed by atoms with van der Waals surface area (Å²) in [5, 5.41) is 0. The third-order valence-electron chi connectivity index (χ3n) is 5.87. The van der Waals surface area contributed by atoms with Gasteiger partial charge in [-0.1, -0.05) is 31.4 Å². The number of fused-ring (bicyclic) bond motifs is 1. The third kappa shape index (κ3) is 3.78. The standard InChI is InChI=1S/C22H26N2O3S/c1-16(25)24-14-13-19-15-20(9-12-22(19)24)23-28(26,27)21-10-7-18(8-11-21)17-5-3-2-4-6-17/h7-12,15,17,23H,2-6,13-14H2,1H3. The summed E-state index contributed by atoms with van der Waals surface area (Å²) in [5.41, 5.74) is 3.62. The Balaban J connectivity index is 1.51. The summed E-state index contributed by atoms with van der Waals surface area (Å²) in [7, 11) is -3.64. The Morgan fingerprint density at radius 3 is 2.43 bits per heavy atom. The highest BCUT2D eigenvalue weighted by Crippen LogP contribution is 2.34. The molecule has 0 atom stereocenters. The Morgan fingerprint density at radius 1 is 1.04 bits per heavy atom. The smallest absolute Gasteiger partial charge is 0.261 e. The fourth-order valence-corrected chi connectivity index (χ4v) is 5.41. The summed E-state index contributed by atoms with van der Waals surface area (Å²) in [4.78, 5) is 13.7. The molecule has 28 heavy (non-hydrogen) atoms. The Morgan fingerprint density at radius 2 is 1.75 bits per heavy atom. The largest absolute Gasteiger partial charge is 0.312 e. The molecule has 1 saturated carbocycles. The average molecular weight is 399 g/mol. The van der Waals surface area contributed by atoms with Gasteiger partial charge in [0.15, 0.2) is 0 Å². The van der Waals surface area contributed by atoms with E-state index in [0.29, 0.717) is 18.2 Å². The molecule has 1 N–H and O–H groups in total. The molecular formula is C22H26N2O3S. The number of amides is 1.